The van der Waals surface area contributed by atoms with Gasteiger partial charge in [0.1, 0.15) is 5.75 Å². The highest BCUT2D eigenvalue weighted by atomic mass is 35.5. The summed E-state index contributed by atoms with van der Waals surface area (Å²) < 4.78 is 5.57. The van der Waals surface area contributed by atoms with E-state index in [-0.39, 0.29) is 5.02 Å². The lowest BCUT2D eigenvalue weighted by molar-refractivity contribution is 0.483. The van der Waals surface area contributed by atoms with E-state index in [4.69, 9.17) is 62.7 Å². The maximum Gasteiger partial charge on any atom is 0.164 e. The lowest BCUT2D eigenvalue weighted by Crippen LogP contribution is -1.87. The van der Waals surface area contributed by atoms with E-state index in [1.165, 1.54) is 12.1 Å². The molecule has 2 rings (SSSR count). The molecule has 0 N–H and O–H groups in total. The molecule has 0 aromatic heterocycles. The molecular formula is C12H5Cl5O. The van der Waals surface area contributed by atoms with Gasteiger partial charge >= 0.3 is 0 Å². The maximum atomic E-state index is 5.99. The minimum Gasteiger partial charge on any atom is -0.454 e. The number of rotatable bonds is 2. The van der Waals surface area contributed by atoms with Gasteiger partial charge in [-0.15, -0.1) is 0 Å². The summed E-state index contributed by atoms with van der Waals surface area (Å²) in [7, 11) is 0. The van der Waals surface area contributed by atoms with Crippen LogP contribution in [0.2, 0.25) is 25.1 Å². The molecule has 0 atom stereocenters. The van der Waals surface area contributed by atoms with Crippen LogP contribution in [0.3, 0.4) is 0 Å². The van der Waals surface area contributed by atoms with Crippen molar-refractivity contribution in [3.8, 4) is 11.5 Å². The lowest BCUT2D eigenvalue weighted by Gasteiger charge is -2.10. The van der Waals surface area contributed by atoms with Crippen LogP contribution in [-0.4, -0.2) is 0 Å². The highest BCUT2D eigenvalue weighted by Crippen LogP contribution is 2.39. The Bertz CT molecular complexity index is 554. The van der Waals surface area contributed by atoms with Gasteiger partial charge in [0.25, 0.3) is 0 Å². The highest BCUT2D eigenvalue weighted by molar-refractivity contribution is 6.48. The van der Waals surface area contributed by atoms with Gasteiger partial charge in [-0.3, -0.25) is 0 Å². The molecule has 0 amide bonds. The molecule has 0 saturated heterocycles. The average molecular weight is 342 g/mol. The van der Waals surface area contributed by atoms with E-state index in [0.29, 0.717) is 31.6 Å². The average Bonchev–Trinajstić information content (AvgIpc) is 2.31. The molecule has 1 nitrogen and oxygen atoms in total. The summed E-state index contributed by atoms with van der Waals surface area (Å²) in [6.45, 7) is 0. The van der Waals surface area contributed by atoms with Crippen LogP contribution in [-0.2, 0) is 0 Å². The number of hydrogen-bond donors (Lipinski definition) is 0. The molecular weight excluding hydrogens is 337 g/mol. The van der Waals surface area contributed by atoms with Crippen LogP contribution in [0, 0.1) is 0 Å². The molecule has 0 aliphatic carbocycles. The predicted octanol–water partition coefficient (Wildman–Crippen LogP) is 6.75. The van der Waals surface area contributed by atoms with Crippen molar-refractivity contribution in [3.05, 3.63) is 55.4 Å². The summed E-state index contributed by atoms with van der Waals surface area (Å²) in [6.07, 6.45) is 0. The molecule has 0 saturated carbocycles. The van der Waals surface area contributed by atoms with E-state index >= 15 is 0 Å². The molecule has 2 aromatic carbocycles. The molecule has 0 heterocycles. The third-order valence-corrected chi connectivity index (χ3v) is 3.89. The summed E-state index contributed by atoms with van der Waals surface area (Å²) in [4.78, 5) is 0. The smallest absolute Gasteiger partial charge is 0.164 e. The topological polar surface area (TPSA) is 9.23 Å². The second kappa shape index (κ2) is 5.77. The quantitative estimate of drug-likeness (QED) is 0.549. The fourth-order valence-electron chi connectivity index (χ4n) is 1.29. The van der Waals surface area contributed by atoms with Gasteiger partial charge in [-0.1, -0.05) is 64.1 Å². The van der Waals surface area contributed by atoms with E-state index in [1.54, 1.807) is 18.2 Å². The molecule has 2 aromatic rings. The summed E-state index contributed by atoms with van der Waals surface area (Å²) in [5.74, 6) is 0.750. The predicted molar refractivity (Wildman–Crippen MR) is 78.0 cm³/mol. The number of benzene rings is 2. The number of para-hydroxylation sites is 1. The first-order valence-electron chi connectivity index (χ1n) is 4.75. The minimum atomic E-state index is 0.274. The van der Waals surface area contributed by atoms with Crippen molar-refractivity contribution in [2.75, 3.05) is 0 Å². The molecule has 18 heavy (non-hydrogen) atoms. The Morgan fingerprint density at radius 2 is 1.22 bits per heavy atom. The Morgan fingerprint density at radius 1 is 0.722 bits per heavy atom. The van der Waals surface area contributed by atoms with Gasteiger partial charge in [0, 0.05) is 12.1 Å². The van der Waals surface area contributed by atoms with Crippen LogP contribution >= 0.6 is 58.0 Å². The van der Waals surface area contributed by atoms with Crippen molar-refractivity contribution in [2.24, 2.45) is 0 Å². The zero-order valence-corrected chi connectivity index (χ0v) is 12.5. The number of ether oxygens (including phenoxy) is 1. The van der Waals surface area contributed by atoms with Crippen molar-refractivity contribution in [1.29, 1.82) is 0 Å². The Morgan fingerprint density at radius 3 is 1.72 bits per heavy atom. The van der Waals surface area contributed by atoms with Crippen LogP contribution in [0.5, 0.6) is 11.5 Å². The first-order valence-corrected chi connectivity index (χ1v) is 6.64. The van der Waals surface area contributed by atoms with Crippen molar-refractivity contribution >= 4 is 58.0 Å². The van der Waals surface area contributed by atoms with Gasteiger partial charge in [-0.05, 0) is 12.1 Å². The first-order chi connectivity index (χ1) is 8.49. The van der Waals surface area contributed by atoms with Gasteiger partial charge in [0.15, 0.2) is 5.75 Å². The van der Waals surface area contributed by atoms with E-state index in [1.807, 2.05) is 0 Å². The molecule has 0 aliphatic rings. The molecule has 6 heteroatoms. The van der Waals surface area contributed by atoms with Crippen LogP contribution < -0.4 is 4.74 Å². The van der Waals surface area contributed by atoms with Gasteiger partial charge < -0.3 is 4.74 Å². The number of hydrogen-bond acceptors (Lipinski definition) is 1. The van der Waals surface area contributed by atoms with Crippen molar-refractivity contribution in [2.45, 2.75) is 0 Å². The molecule has 0 fully saturated rings. The lowest BCUT2D eigenvalue weighted by atomic mass is 10.3. The third-order valence-electron chi connectivity index (χ3n) is 2.10. The molecule has 0 aliphatic heterocycles. The SMILES string of the molecule is Clc1cc(Oc2c(Cl)cccc2Cl)cc(Cl)c1Cl. The number of halogens is 5. The van der Waals surface area contributed by atoms with E-state index in [0.717, 1.165) is 0 Å². The highest BCUT2D eigenvalue weighted by Gasteiger charge is 2.11. The standard InChI is InChI=1S/C12H5Cl5O/c13-7-2-1-3-8(14)12(7)18-6-4-9(15)11(17)10(16)5-6/h1-5H. The van der Waals surface area contributed by atoms with Gasteiger partial charge in [-0.25, -0.2) is 0 Å². The van der Waals surface area contributed by atoms with Crippen molar-refractivity contribution < 1.29 is 4.74 Å². The monoisotopic (exact) mass is 340 g/mol. The maximum absolute atomic E-state index is 5.99. The minimum absolute atomic E-state index is 0.274. The van der Waals surface area contributed by atoms with Gasteiger partial charge in [0.05, 0.1) is 25.1 Å². The van der Waals surface area contributed by atoms with E-state index in [2.05, 4.69) is 0 Å². The largest absolute Gasteiger partial charge is 0.454 e. The van der Waals surface area contributed by atoms with Gasteiger partial charge in [-0.2, -0.15) is 0 Å². The summed E-state index contributed by atoms with van der Waals surface area (Å²) >= 11 is 29.6. The second-order valence-electron chi connectivity index (χ2n) is 3.35. The molecule has 0 radical (unpaired) electrons. The van der Waals surface area contributed by atoms with E-state index in [9.17, 15) is 0 Å². The molecule has 0 spiro atoms. The normalized spacial score (nSPS) is 10.5. The molecule has 0 unspecified atom stereocenters. The Kier molecular flexibility index (Phi) is 4.52. The zero-order valence-electron chi connectivity index (χ0n) is 8.68. The third kappa shape index (κ3) is 2.98. The fourth-order valence-corrected chi connectivity index (χ4v) is 2.34. The summed E-state index contributed by atoms with van der Waals surface area (Å²) in [5.41, 5.74) is 0. The van der Waals surface area contributed by atoms with E-state index < -0.39 is 0 Å². The Labute approximate surface area is 129 Å². The summed E-state index contributed by atoms with van der Waals surface area (Å²) in [5, 5.41) is 1.65. The van der Waals surface area contributed by atoms with Gasteiger partial charge in [0.2, 0.25) is 0 Å². The van der Waals surface area contributed by atoms with Crippen molar-refractivity contribution in [1.82, 2.24) is 0 Å². The Balaban J connectivity index is 2.41. The van der Waals surface area contributed by atoms with Crippen LogP contribution in [0.25, 0.3) is 0 Å². The fraction of sp³-hybridized carbons (Fsp3) is 0. The van der Waals surface area contributed by atoms with Crippen molar-refractivity contribution in [3.63, 3.8) is 0 Å². The molecule has 94 valence electrons. The summed E-state index contributed by atoms with van der Waals surface area (Å²) in [6, 6.07) is 8.13. The Hall–Kier alpha value is -0.310. The van der Waals surface area contributed by atoms with Crippen LogP contribution in [0.15, 0.2) is 30.3 Å². The first kappa shape index (κ1) is 14.1. The van der Waals surface area contributed by atoms with Crippen LogP contribution in [0.1, 0.15) is 0 Å². The van der Waals surface area contributed by atoms with Crippen LogP contribution in [0.4, 0.5) is 0 Å². The second-order valence-corrected chi connectivity index (χ2v) is 5.36. The molecule has 0 bridgehead atoms. The zero-order chi connectivity index (χ0) is 13.3.